The fourth-order valence-electron chi connectivity index (χ4n) is 1.68. The molecule has 3 nitrogen and oxygen atoms in total. The van der Waals surface area contributed by atoms with Crippen LogP contribution in [0.25, 0.3) is 4.96 Å². The second kappa shape index (κ2) is 4.28. The second-order valence-corrected chi connectivity index (χ2v) is 4.74. The van der Waals surface area contributed by atoms with Gasteiger partial charge in [-0.05, 0) is 20.8 Å². The average molecular weight is 233 g/mol. The molecule has 0 radical (unpaired) electrons. The minimum Gasteiger partial charge on any atom is -0.298 e. The third-order valence-corrected chi connectivity index (χ3v) is 3.60. The number of aryl methyl sites for hydroxylation is 2. The predicted molar refractivity (Wildman–Crippen MR) is 67.7 cm³/mol. The maximum atomic E-state index is 5.34. The summed E-state index contributed by atoms with van der Waals surface area (Å²) in [5.74, 6) is 2.67. The molecule has 4 heteroatoms. The number of nitrogens with one attached hydrogen (secondary N) is 1. The molecule has 84 valence electrons. The molecular weight excluding hydrogens is 218 g/mol. The van der Waals surface area contributed by atoms with E-state index in [4.69, 9.17) is 6.42 Å². The van der Waals surface area contributed by atoms with Crippen molar-refractivity contribution in [3.63, 3.8) is 0 Å². The highest BCUT2D eigenvalue weighted by molar-refractivity contribution is 7.15. The summed E-state index contributed by atoms with van der Waals surface area (Å²) in [5, 5.41) is 5.41. The zero-order chi connectivity index (χ0) is 11.7. The van der Waals surface area contributed by atoms with Crippen molar-refractivity contribution >= 4 is 16.3 Å². The minimum absolute atomic E-state index is 0.0869. The summed E-state index contributed by atoms with van der Waals surface area (Å²) in [4.78, 5) is 5.58. The van der Waals surface area contributed by atoms with Crippen molar-refractivity contribution in [3.05, 3.63) is 22.5 Å². The summed E-state index contributed by atoms with van der Waals surface area (Å²) >= 11 is 1.67. The van der Waals surface area contributed by atoms with E-state index in [-0.39, 0.29) is 6.04 Å². The second-order valence-electron chi connectivity index (χ2n) is 3.91. The fraction of sp³-hybridized carbons (Fsp3) is 0.417. The van der Waals surface area contributed by atoms with Crippen LogP contribution in [0.1, 0.15) is 24.0 Å². The van der Waals surface area contributed by atoms with Gasteiger partial charge in [0.15, 0.2) is 4.96 Å². The van der Waals surface area contributed by atoms with E-state index in [1.807, 2.05) is 13.8 Å². The molecule has 0 aromatic carbocycles. The number of nitrogens with zero attached hydrogens (tertiary/aromatic N) is 2. The molecule has 0 fully saturated rings. The summed E-state index contributed by atoms with van der Waals surface area (Å²) in [7, 11) is 0. The maximum Gasteiger partial charge on any atom is 0.194 e. The number of rotatable bonds is 3. The summed E-state index contributed by atoms with van der Waals surface area (Å²) in [6.07, 6.45) is 5.34. The first kappa shape index (κ1) is 11.2. The van der Waals surface area contributed by atoms with Crippen molar-refractivity contribution in [2.75, 3.05) is 0 Å². The SMILES string of the molecule is C#CC(C)NCc1c(C)nc2scc(C)n12. The molecule has 1 N–H and O–H groups in total. The smallest absolute Gasteiger partial charge is 0.194 e. The average Bonchev–Trinajstić information content (AvgIpc) is 2.76. The van der Waals surface area contributed by atoms with Crippen molar-refractivity contribution in [1.29, 1.82) is 0 Å². The Kier molecular flexibility index (Phi) is 2.99. The molecular formula is C12H15N3S. The Hall–Kier alpha value is -1.31. The first-order chi connectivity index (χ1) is 7.63. The van der Waals surface area contributed by atoms with Crippen LogP contribution in [0.5, 0.6) is 0 Å². The van der Waals surface area contributed by atoms with Crippen LogP contribution in [0.15, 0.2) is 5.38 Å². The highest BCUT2D eigenvalue weighted by Crippen LogP contribution is 2.20. The zero-order valence-electron chi connectivity index (χ0n) is 9.74. The Balaban J connectivity index is 2.32. The van der Waals surface area contributed by atoms with Crippen molar-refractivity contribution in [1.82, 2.24) is 14.7 Å². The van der Waals surface area contributed by atoms with Gasteiger partial charge >= 0.3 is 0 Å². The number of aromatic nitrogens is 2. The normalized spacial score (nSPS) is 12.9. The van der Waals surface area contributed by atoms with Gasteiger partial charge in [-0.15, -0.1) is 17.8 Å². The Morgan fingerprint density at radius 3 is 3.06 bits per heavy atom. The Bertz CT molecular complexity index is 544. The molecule has 1 unspecified atom stereocenters. The molecule has 0 saturated carbocycles. The molecule has 0 saturated heterocycles. The Labute approximate surface area is 99.5 Å². The molecule has 1 atom stereocenters. The van der Waals surface area contributed by atoms with E-state index in [0.29, 0.717) is 0 Å². The van der Waals surface area contributed by atoms with Gasteiger partial charge in [-0.2, -0.15) is 0 Å². The lowest BCUT2D eigenvalue weighted by Crippen LogP contribution is -2.24. The lowest BCUT2D eigenvalue weighted by molar-refractivity contribution is 0.631. The highest BCUT2D eigenvalue weighted by atomic mass is 32.1. The lowest BCUT2D eigenvalue weighted by atomic mass is 10.3. The first-order valence-electron chi connectivity index (χ1n) is 5.25. The van der Waals surface area contributed by atoms with Crippen molar-refractivity contribution in [3.8, 4) is 12.3 Å². The number of hydrogen-bond donors (Lipinski definition) is 1. The van der Waals surface area contributed by atoms with Gasteiger partial charge in [-0.3, -0.25) is 9.72 Å². The highest BCUT2D eigenvalue weighted by Gasteiger charge is 2.12. The van der Waals surface area contributed by atoms with E-state index >= 15 is 0 Å². The van der Waals surface area contributed by atoms with Gasteiger partial charge in [-0.1, -0.05) is 5.92 Å². The van der Waals surface area contributed by atoms with E-state index < -0.39 is 0 Å². The molecule has 0 amide bonds. The topological polar surface area (TPSA) is 29.3 Å². The van der Waals surface area contributed by atoms with Gasteiger partial charge in [0.25, 0.3) is 0 Å². The van der Waals surface area contributed by atoms with Crippen LogP contribution in [0.4, 0.5) is 0 Å². The van der Waals surface area contributed by atoms with E-state index in [1.54, 1.807) is 11.3 Å². The quantitative estimate of drug-likeness (QED) is 0.823. The molecule has 2 rings (SSSR count). The van der Waals surface area contributed by atoms with Crippen LogP contribution in [0.3, 0.4) is 0 Å². The van der Waals surface area contributed by atoms with E-state index in [1.165, 1.54) is 11.4 Å². The van der Waals surface area contributed by atoms with Crippen LogP contribution in [-0.4, -0.2) is 15.4 Å². The van der Waals surface area contributed by atoms with Crippen LogP contribution >= 0.6 is 11.3 Å². The van der Waals surface area contributed by atoms with Gasteiger partial charge in [-0.25, -0.2) is 4.98 Å². The number of imidazole rings is 1. The van der Waals surface area contributed by atoms with Crippen molar-refractivity contribution < 1.29 is 0 Å². The van der Waals surface area contributed by atoms with Crippen LogP contribution < -0.4 is 5.32 Å². The first-order valence-corrected chi connectivity index (χ1v) is 6.13. The minimum atomic E-state index is 0.0869. The summed E-state index contributed by atoms with van der Waals surface area (Å²) in [5.41, 5.74) is 3.51. The van der Waals surface area contributed by atoms with E-state index in [0.717, 1.165) is 17.2 Å². The van der Waals surface area contributed by atoms with E-state index in [2.05, 4.69) is 32.9 Å². The number of fused-ring (bicyclic) bond motifs is 1. The van der Waals surface area contributed by atoms with Gasteiger partial charge in [0, 0.05) is 17.6 Å². The van der Waals surface area contributed by atoms with Crippen LogP contribution in [0, 0.1) is 26.2 Å². The van der Waals surface area contributed by atoms with Gasteiger partial charge in [0.2, 0.25) is 0 Å². The van der Waals surface area contributed by atoms with Gasteiger partial charge in [0.1, 0.15) is 0 Å². The molecule has 16 heavy (non-hydrogen) atoms. The molecule has 0 aliphatic carbocycles. The molecule has 2 heterocycles. The largest absolute Gasteiger partial charge is 0.298 e. The van der Waals surface area contributed by atoms with Crippen LogP contribution in [-0.2, 0) is 6.54 Å². The molecule has 0 spiro atoms. The van der Waals surface area contributed by atoms with Gasteiger partial charge < -0.3 is 0 Å². The van der Waals surface area contributed by atoms with E-state index in [9.17, 15) is 0 Å². The third kappa shape index (κ3) is 1.84. The van der Waals surface area contributed by atoms with Gasteiger partial charge in [0.05, 0.1) is 17.4 Å². The van der Waals surface area contributed by atoms with Crippen molar-refractivity contribution in [2.24, 2.45) is 0 Å². The summed E-state index contributed by atoms with van der Waals surface area (Å²) < 4.78 is 2.19. The predicted octanol–water partition coefficient (Wildman–Crippen LogP) is 2.12. The summed E-state index contributed by atoms with van der Waals surface area (Å²) in [6, 6.07) is 0.0869. The molecule has 2 aromatic rings. The molecule has 0 aliphatic rings. The van der Waals surface area contributed by atoms with Crippen molar-refractivity contribution in [2.45, 2.75) is 33.4 Å². The fourth-order valence-corrected chi connectivity index (χ4v) is 2.62. The standard InChI is InChI=1S/C12H15N3S/c1-5-8(2)13-6-11-10(4)14-12-15(11)9(3)7-16-12/h1,7-8,13H,6H2,2-4H3. The molecule has 0 aliphatic heterocycles. The molecule has 2 aromatic heterocycles. The Morgan fingerprint density at radius 2 is 2.38 bits per heavy atom. The molecule has 0 bridgehead atoms. The third-order valence-electron chi connectivity index (χ3n) is 2.66. The number of terminal acetylenes is 1. The lowest BCUT2D eigenvalue weighted by Gasteiger charge is -2.08. The van der Waals surface area contributed by atoms with Crippen LogP contribution in [0.2, 0.25) is 0 Å². The summed E-state index contributed by atoms with van der Waals surface area (Å²) in [6.45, 7) is 6.87. The Morgan fingerprint density at radius 1 is 1.62 bits per heavy atom. The monoisotopic (exact) mass is 233 g/mol. The maximum absolute atomic E-state index is 5.34. The number of hydrogen-bond acceptors (Lipinski definition) is 3. The zero-order valence-corrected chi connectivity index (χ0v) is 10.6. The number of thiazole rings is 1.